The average Bonchev–Trinajstić information content (AvgIpc) is 3.18. The SMILES string of the molecule is Cc1cn(Cc2cccc(C(=O)N[C@@H](C)c3ccccc3)c2)c(=NC(=O)c2ccccc2F)s1. The first-order valence-corrected chi connectivity index (χ1v) is 11.7. The molecule has 0 aliphatic heterocycles. The molecule has 172 valence electrons. The molecule has 1 aromatic heterocycles. The number of hydrogen-bond donors (Lipinski definition) is 1. The minimum absolute atomic E-state index is 0.0636. The number of carbonyl (C=O) groups excluding carboxylic acids is 2. The van der Waals surface area contributed by atoms with Crippen LogP contribution in [0.15, 0.2) is 90.1 Å². The highest BCUT2D eigenvalue weighted by Gasteiger charge is 2.13. The smallest absolute Gasteiger partial charge is 0.282 e. The lowest BCUT2D eigenvalue weighted by Crippen LogP contribution is -2.26. The van der Waals surface area contributed by atoms with Gasteiger partial charge >= 0.3 is 0 Å². The molecule has 0 radical (unpaired) electrons. The Morgan fingerprint density at radius 2 is 1.76 bits per heavy atom. The van der Waals surface area contributed by atoms with Gasteiger partial charge in [-0.1, -0.05) is 54.6 Å². The topological polar surface area (TPSA) is 63.5 Å². The van der Waals surface area contributed by atoms with Crippen LogP contribution < -0.4 is 10.1 Å². The lowest BCUT2D eigenvalue weighted by Gasteiger charge is -2.15. The van der Waals surface area contributed by atoms with E-state index in [9.17, 15) is 14.0 Å². The molecule has 0 aliphatic rings. The van der Waals surface area contributed by atoms with Crippen molar-refractivity contribution in [2.24, 2.45) is 4.99 Å². The minimum Gasteiger partial charge on any atom is -0.346 e. The summed E-state index contributed by atoms with van der Waals surface area (Å²) in [7, 11) is 0. The molecule has 1 atom stereocenters. The van der Waals surface area contributed by atoms with Crippen LogP contribution in [0, 0.1) is 12.7 Å². The van der Waals surface area contributed by atoms with Crippen LogP contribution in [0.1, 0.15) is 49.7 Å². The van der Waals surface area contributed by atoms with Crippen molar-refractivity contribution in [3.05, 3.63) is 123 Å². The fourth-order valence-electron chi connectivity index (χ4n) is 3.60. The number of halogens is 1. The highest BCUT2D eigenvalue weighted by molar-refractivity contribution is 7.09. The number of rotatable bonds is 6. The molecule has 7 heteroatoms. The molecule has 0 spiro atoms. The van der Waals surface area contributed by atoms with Crippen LogP contribution >= 0.6 is 11.3 Å². The molecule has 0 aliphatic carbocycles. The van der Waals surface area contributed by atoms with Crippen molar-refractivity contribution in [1.29, 1.82) is 0 Å². The molecule has 3 aromatic carbocycles. The van der Waals surface area contributed by atoms with E-state index in [1.165, 1.54) is 29.5 Å². The van der Waals surface area contributed by atoms with Crippen molar-refractivity contribution < 1.29 is 14.0 Å². The molecule has 5 nitrogen and oxygen atoms in total. The maximum absolute atomic E-state index is 14.0. The summed E-state index contributed by atoms with van der Waals surface area (Å²) in [5.74, 6) is -1.39. The number of hydrogen-bond acceptors (Lipinski definition) is 3. The molecule has 0 unspecified atom stereocenters. The Morgan fingerprint density at radius 1 is 1.03 bits per heavy atom. The maximum atomic E-state index is 14.0. The summed E-state index contributed by atoms with van der Waals surface area (Å²) < 4.78 is 15.8. The van der Waals surface area contributed by atoms with E-state index in [1.807, 2.05) is 73.1 Å². The van der Waals surface area contributed by atoms with Crippen molar-refractivity contribution in [1.82, 2.24) is 9.88 Å². The van der Waals surface area contributed by atoms with Gasteiger partial charge in [-0.25, -0.2) is 4.39 Å². The van der Waals surface area contributed by atoms with Crippen molar-refractivity contribution in [3.63, 3.8) is 0 Å². The van der Waals surface area contributed by atoms with E-state index in [-0.39, 0.29) is 17.5 Å². The fraction of sp³-hybridized carbons (Fsp3) is 0.148. The predicted octanol–water partition coefficient (Wildman–Crippen LogP) is 5.28. The zero-order valence-corrected chi connectivity index (χ0v) is 19.7. The molecule has 4 aromatic rings. The van der Waals surface area contributed by atoms with Gasteiger partial charge in [-0.3, -0.25) is 9.59 Å². The van der Waals surface area contributed by atoms with Crippen LogP contribution in [-0.2, 0) is 6.54 Å². The summed E-state index contributed by atoms with van der Waals surface area (Å²) in [4.78, 5) is 31.0. The second kappa shape index (κ2) is 10.4. The van der Waals surface area contributed by atoms with Gasteiger partial charge in [0, 0.05) is 23.2 Å². The third-order valence-electron chi connectivity index (χ3n) is 5.33. The van der Waals surface area contributed by atoms with Gasteiger partial charge in [0.25, 0.3) is 11.8 Å². The number of aromatic nitrogens is 1. The second-order valence-electron chi connectivity index (χ2n) is 7.96. The van der Waals surface area contributed by atoms with Gasteiger partial charge in [-0.15, -0.1) is 11.3 Å². The van der Waals surface area contributed by atoms with E-state index in [1.54, 1.807) is 12.1 Å². The van der Waals surface area contributed by atoms with Gasteiger partial charge in [0.05, 0.1) is 11.6 Å². The summed E-state index contributed by atoms with van der Waals surface area (Å²) in [6.45, 7) is 4.28. The first-order valence-electron chi connectivity index (χ1n) is 10.9. The van der Waals surface area contributed by atoms with Gasteiger partial charge in [0.1, 0.15) is 5.82 Å². The number of thiazole rings is 1. The Hall–Kier alpha value is -3.84. The molecule has 0 fully saturated rings. The Morgan fingerprint density at radius 3 is 2.53 bits per heavy atom. The van der Waals surface area contributed by atoms with Crippen molar-refractivity contribution in [2.45, 2.75) is 26.4 Å². The van der Waals surface area contributed by atoms with Gasteiger partial charge in [0.2, 0.25) is 0 Å². The molecule has 2 amide bonds. The Bertz CT molecular complexity index is 1390. The van der Waals surface area contributed by atoms with Crippen LogP contribution in [0.5, 0.6) is 0 Å². The first-order chi connectivity index (χ1) is 16.4. The monoisotopic (exact) mass is 473 g/mol. The maximum Gasteiger partial charge on any atom is 0.282 e. The minimum atomic E-state index is -0.628. The van der Waals surface area contributed by atoms with E-state index < -0.39 is 11.7 Å². The Kier molecular flexibility index (Phi) is 7.13. The number of amides is 2. The molecule has 1 N–H and O–H groups in total. The molecular weight excluding hydrogens is 449 g/mol. The Balaban J connectivity index is 1.54. The van der Waals surface area contributed by atoms with Crippen LogP contribution in [0.25, 0.3) is 0 Å². The second-order valence-corrected chi connectivity index (χ2v) is 9.17. The van der Waals surface area contributed by atoms with E-state index in [0.29, 0.717) is 16.9 Å². The normalized spacial score (nSPS) is 12.4. The number of benzene rings is 3. The molecule has 4 rings (SSSR count). The number of nitrogens with one attached hydrogen (secondary N) is 1. The number of aryl methyl sites for hydroxylation is 1. The first kappa shape index (κ1) is 23.3. The predicted molar refractivity (Wildman–Crippen MR) is 131 cm³/mol. The van der Waals surface area contributed by atoms with E-state index in [4.69, 9.17) is 0 Å². The van der Waals surface area contributed by atoms with Crippen molar-refractivity contribution in [3.8, 4) is 0 Å². The summed E-state index contributed by atoms with van der Waals surface area (Å²) >= 11 is 1.35. The number of nitrogens with zero attached hydrogens (tertiary/aromatic N) is 2. The van der Waals surface area contributed by atoms with Gasteiger partial charge in [-0.05, 0) is 49.2 Å². The third kappa shape index (κ3) is 5.55. The largest absolute Gasteiger partial charge is 0.346 e. The summed E-state index contributed by atoms with van der Waals surface area (Å²) in [5.41, 5.74) is 2.40. The van der Waals surface area contributed by atoms with Crippen molar-refractivity contribution in [2.75, 3.05) is 0 Å². The van der Waals surface area contributed by atoms with E-state index in [2.05, 4.69) is 10.3 Å². The van der Waals surface area contributed by atoms with Gasteiger partial charge in [-0.2, -0.15) is 4.99 Å². The number of carbonyl (C=O) groups is 2. The summed E-state index contributed by atoms with van der Waals surface area (Å²) in [6, 6.07) is 22.8. The van der Waals surface area contributed by atoms with Crippen LogP contribution in [0.4, 0.5) is 4.39 Å². The summed E-state index contributed by atoms with van der Waals surface area (Å²) in [5, 5.41) is 3.03. The molecular formula is C27H24FN3O2S. The molecule has 0 bridgehead atoms. The molecule has 1 heterocycles. The average molecular weight is 474 g/mol. The van der Waals surface area contributed by atoms with Crippen molar-refractivity contribution >= 4 is 23.2 Å². The zero-order valence-electron chi connectivity index (χ0n) is 18.9. The molecule has 34 heavy (non-hydrogen) atoms. The highest BCUT2D eigenvalue weighted by Crippen LogP contribution is 2.14. The van der Waals surface area contributed by atoms with Gasteiger partial charge < -0.3 is 9.88 Å². The van der Waals surface area contributed by atoms with Crippen LogP contribution in [-0.4, -0.2) is 16.4 Å². The summed E-state index contributed by atoms with van der Waals surface area (Å²) in [6.07, 6.45) is 1.89. The Labute approximate surface area is 201 Å². The molecule has 0 saturated carbocycles. The lowest BCUT2D eigenvalue weighted by atomic mass is 10.1. The lowest BCUT2D eigenvalue weighted by molar-refractivity contribution is 0.0938. The van der Waals surface area contributed by atoms with E-state index in [0.717, 1.165) is 16.0 Å². The standard InChI is InChI=1S/C27H24FN3O2S/c1-18-16-31(27(34-18)30-26(33)23-13-6-7-14-24(23)28)17-20-9-8-12-22(15-20)25(32)29-19(2)21-10-4-3-5-11-21/h3-16,19H,17H2,1-2H3,(H,29,32)/t19-/m0/s1. The van der Waals surface area contributed by atoms with Crippen LogP contribution in [0.2, 0.25) is 0 Å². The fourth-order valence-corrected chi connectivity index (χ4v) is 4.43. The van der Waals surface area contributed by atoms with Crippen LogP contribution in [0.3, 0.4) is 0 Å². The van der Waals surface area contributed by atoms with E-state index >= 15 is 0 Å². The molecule has 0 saturated heterocycles. The highest BCUT2D eigenvalue weighted by atomic mass is 32.1. The zero-order chi connectivity index (χ0) is 24.1. The van der Waals surface area contributed by atoms with Gasteiger partial charge in [0.15, 0.2) is 4.80 Å². The quantitative estimate of drug-likeness (QED) is 0.414. The third-order valence-corrected chi connectivity index (χ3v) is 6.26.